The van der Waals surface area contributed by atoms with Crippen molar-refractivity contribution in [2.45, 2.75) is 52.1 Å². The predicted octanol–water partition coefficient (Wildman–Crippen LogP) is 4.35. The van der Waals surface area contributed by atoms with E-state index in [2.05, 4.69) is 32.9 Å². The molecule has 1 aromatic heterocycles. The maximum atomic E-state index is 12.7. The van der Waals surface area contributed by atoms with Gasteiger partial charge in [0.25, 0.3) is 0 Å². The summed E-state index contributed by atoms with van der Waals surface area (Å²) in [5.41, 5.74) is 4.22. The second-order valence-corrected chi connectivity index (χ2v) is 9.00. The van der Waals surface area contributed by atoms with Crippen molar-refractivity contribution in [2.24, 2.45) is 17.1 Å². The first-order valence-electron chi connectivity index (χ1n) is 8.14. The first-order chi connectivity index (χ1) is 11.5. The summed E-state index contributed by atoms with van der Waals surface area (Å²) < 4.78 is 6.35. The van der Waals surface area contributed by atoms with Crippen LogP contribution in [0.1, 0.15) is 46.5 Å². The Kier molecular flexibility index (Phi) is 6.19. The van der Waals surface area contributed by atoms with E-state index in [0.29, 0.717) is 23.7 Å². The van der Waals surface area contributed by atoms with Gasteiger partial charge in [0, 0.05) is 21.1 Å². The molecule has 1 aliphatic rings. The molecule has 2 atom stereocenters. The lowest BCUT2D eigenvalue weighted by Crippen LogP contribution is -2.52. The van der Waals surface area contributed by atoms with Crippen LogP contribution in [0.3, 0.4) is 0 Å². The number of rotatable bonds is 3. The summed E-state index contributed by atoms with van der Waals surface area (Å²) in [5, 5.41) is 3.38. The highest BCUT2D eigenvalue weighted by atomic mass is 127. The van der Waals surface area contributed by atoms with Crippen LogP contribution in [0.5, 0.6) is 0 Å². The monoisotopic (exact) mass is 479 g/mol. The van der Waals surface area contributed by atoms with E-state index >= 15 is 0 Å². The minimum Gasteiger partial charge on any atom is -0.443 e. The van der Waals surface area contributed by atoms with Crippen LogP contribution in [0.15, 0.2) is 12.3 Å². The number of amides is 2. The van der Waals surface area contributed by atoms with Gasteiger partial charge in [0.05, 0.1) is 5.02 Å². The molecule has 0 saturated heterocycles. The van der Waals surface area contributed by atoms with Crippen LogP contribution in [-0.4, -0.2) is 22.6 Å². The van der Waals surface area contributed by atoms with Crippen LogP contribution < -0.4 is 11.1 Å². The van der Waals surface area contributed by atoms with Crippen molar-refractivity contribution in [2.75, 3.05) is 5.32 Å². The number of nitrogens with two attached hydrogens (primary N) is 1. The quantitative estimate of drug-likeness (QED) is 0.630. The van der Waals surface area contributed by atoms with Crippen molar-refractivity contribution in [3.8, 4) is 0 Å². The second-order valence-electron chi connectivity index (χ2n) is 7.43. The first-order valence-corrected chi connectivity index (χ1v) is 9.60. The van der Waals surface area contributed by atoms with Gasteiger partial charge in [-0.1, -0.05) is 32.4 Å². The van der Waals surface area contributed by atoms with E-state index in [1.165, 1.54) is 6.20 Å². The molecule has 0 aliphatic heterocycles. The van der Waals surface area contributed by atoms with Gasteiger partial charge in [0.2, 0.25) is 5.91 Å². The topological polar surface area (TPSA) is 94.3 Å². The molecule has 8 heteroatoms. The maximum Gasteiger partial charge on any atom is 0.405 e. The number of primary amides is 1. The maximum absolute atomic E-state index is 12.7. The van der Waals surface area contributed by atoms with Crippen molar-refractivity contribution in [1.82, 2.24) is 4.98 Å². The third kappa shape index (κ3) is 4.75. The smallest absolute Gasteiger partial charge is 0.405 e. The normalized spacial score (nSPS) is 23.8. The molecule has 0 spiro atoms. The number of nitrogens with zero attached hydrogens (tertiary/aromatic N) is 1. The molecule has 0 bridgehead atoms. The van der Waals surface area contributed by atoms with Gasteiger partial charge in [-0.2, -0.15) is 0 Å². The highest BCUT2D eigenvalue weighted by molar-refractivity contribution is 14.1. The molecule has 1 heterocycles. The summed E-state index contributed by atoms with van der Waals surface area (Å²) in [7, 11) is 0. The van der Waals surface area contributed by atoms with E-state index in [1.54, 1.807) is 6.07 Å². The van der Waals surface area contributed by atoms with Gasteiger partial charge < -0.3 is 15.8 Å². The summed E-state index contributed by atoms with van der Waals surface area (Å²) in [6.45, 7) is 6.00. The zero-order valence-corrected chi connectivity index (χ0v) is 17.5. The first kappa shape index (κ1) is 20.2. The fraction of sp³-hybridized carbons (Fsp3) is 0.588. The number of hydrogen-bond donors (Lipinski definition) is 2. The highest BCUT2D eigenvalue weighted by Gasteiger charge is 2.49. The summed E-state index contributed by atoms with van der Waals surface area (Å²) >= 11 is 8.04. The van der Waals surface area contributed by atoms with E-state index in [1.807, 2.05) is 20.8 Å². The molecule has 1 aromatic rings. The van der Waals surface area contributed by atoms with Gasteiger partial charge in [-0.3, -0.25) is 4.79 Å². The summed E-state index contributed by atoms with van der Waals surface area (Å²) in [6.07, 6.45) is 3.36. The molecule has 0 radical (unpaired) electrons. The Morgan fingerprint density at radius 2 is 2.16 bits per heavy atom. The largest absolute Gasteiger partial charge is 0.443 e. The third-order valence-electron chi connectivity index (χ3n) is 4.80. The van der Waals surface area contributed by atoms with Crippen molar-refractivity contribution in [1.29, 1.82) is 0 Å². The molecule has 2 rings (SSSR count). The highest BCUT2D eigenvalue weighted by Crippen LogP contribution is 2.47. The lowest BCUT2D eigenvalue weighted by molar-refractivity contribution is -0.132. The lowest BCUT2D eigenvalue weighted by atomic mass is 9.65. The Morgan fingerprint density at radius 3 is 2.72 bits per heavy atom. The zero-order chi connectivity index (χ0) is 18.8. The molecule has 6 nitrogen and oxygen atoms in total. The van der Waals surface area contributed by atoms with Crippen molar-refractivity contribution in [3.63, 3.8) is 0 Å². The predicted molar refractivity (Wildman–Crippen MR) is 105 cm³/mol. The average molecular weight is 480 g/mol. The van der Waals surface area contributed by atoms with Crippen molar-refractivity contribution < 1.29 is 14.3 Å². The molecule has 1 fully saturated rings. The third-order valence-corrected chi connectivity index (χ3v) is 6.32. The number of nitrogens with one attached hydrogen (secondary N) is 1. The fourth-order valence-electron chi connectivity index (χ4n) is 3.29. The number of ether oxygens (including phenoxy) is 1. The van der Waals surface area contributed by atoms with Crippen LogP contribution in [0.4, 0.5) is 10.6 Å². The molecule has 2 amide bonds. The number of pyridine rings is 1. The van der Waals surface area contributed by atoms with Crippen molar-refractivity contribution >= 4 is 52.0 Å². The van der Waals surface area contributed by atoms with E-state index in [-0.39, 0.29) is 17.2 Å². The number of carbonyl (C=O) groups is 2. The van der Waals surface area contributed by atoms with Crippen LogP contribution in [0.2, 0.25) is 5.02 Å². The molecule has 0 unspecified atom stereocenters. The Morgan fingerprint density at radius 1 is 1.48 bits per heavy atom. The lowest BCUT2D eigenvalue weighted by Gasteiger charge is -2.47. The van der Waals surface area contributed by atoms with Crippen LogP contribution >= 0.6 is 34.2 Å². The van der Waals surface area contributed by atoms with Crippen LogP contribution in [0, 0.1) is 14.9 Å². The van der Waals surface area contributed by atoms with Gasteiger partial charge in [0.1, 0.15) is 11.4 Å². The Bertz CT molecular complexity index is 678. The standard InChI is InChI=1S/C17H23ClIN3O3/c1-16(2,3)17(25-15(20)24)6-4-5-10(8-17)14(23)22-13-7-12(19)11(18)9-21-13/h7,9-10H,4-6,8H2,1-3H3,(H2,20,24)(H,21,22,23)/t10-,17+/m0/s1. The molecule has 1 aliphatic carbocycles. The fourth-order valence-corrected chi connectivity index (χ4v) is 3.83. The van der Waals surface area contributed by atoms with Crippen LogP contribution in [0.25, 0.3) is 0 Å². The van der Waals surface area contributed by atoms with E-state index < -0.39 is 11.7 Å². The molecule has 0 aromatic carbocycles. The Hall–Kier alpha value is -1.09. The molecular weight excluding hydrogens is 457 g/mol. The Balaban J connectivity index is 2.16. The molecule has 3 N–H and O–H groups in total. The number of aromatic nitrogens is 1. The Labute approximate surface area is 166 Å². The minimum absolute atomic E-state index is 0.132. The molecule has 25 heavy (non-hydrogen) atoms. The SMILES string of the molecule is CC(C)(C)[C@@]1(OC(N)=O)CCC[C@H](C(=O)Nc2cc(I)c(Cl)cn2)C1. The van der Waals surface area contributed by atoms with Crippen molar-refractivity contribution in [3.05, 3.63) is 20.9 Å². The number of hydrogen-bond acceptors (Lipinski definition) is 4. The number of carbonyl (C=O) groups excluding carboxylic acids is 2. The van der Waals surface area contributed by atoms with Gasteiger partial charge >= 0.3 is 6.09 Å². The van der Waals surface area contributed by atoms with Gasteiger partial charge in [0.15, 0.2) is 0 Å². The summed E-state index contributed by atoms with van der Waals surface area (Å²) in [6, 6.07) is 1.72. The molecular formula is C17H23ClIN3O3. The minimum atomic E-state index is -0.801. The van der Waals surface area contributed by atoms with Gasteiger partial charge in [-0.05, 0) is 54.3 Å². The molecule has 138 valence electrons. The van der Waals surface area contributed by atoms with E-state index in [0.717, 1.165) is 16.4 Å². The zero-order valence-electron chi connectivity index (χ0n) is 14.6. The summed E-state index contributed by atoms with van der Waals surface area (Å²) in [5.74, 6) is 0.0519. The molecule has 1 saturated carbocycles. The van der Waals surface area contributed by atoms with Crippen LogP contribution in [-0.2, 0) is 9.53 Å². The summed E-state index contributed by atoms with van der Waals surface area (Å²) in [4.78, 5) is 28.3. The number of halogens is 2. The van der Waals surface area contributed by atoms with Gasteiger partial charge in [-0.15, -0.1) is 0 Å². The number of anilines is 1. The average Bonchev–Trinajstić information content (AvgIpc) is 2.49. The van der Waals surface area contributed by atoms with E-state index in [9.17, 15) is 9.59 Å². The van der Waals surface area contributed by atoms with E-state index in [4.69, 9.17) is 22.1 Å². The second kappa shape index (κ2) is 7.65. The van der Waals surface area contributed by atoms with Gasteiger partial charge in [-0.25, -0.2) is 9.78 Å².